The van der Waals surface area contributed by atoms with E-state index in [0.717, 1.165) is 16.9 Å². The summed E-state index contributed by atoms with van der Waals surface area (Å²) in [5.74, 6) is -0.296. The summed E-state index contributed by atoms with van der Waals surface area (Å²) in [5, 5.41) is 8.82. The van der Waals surface area contributed by atoms with Gasteiger partial charge in [0.1, 0.15) is 11.5 Å². The Labute approximate surface area is 126 Å². The van der Waals surface area contributed by atoms with E-state index in [-0.39, 0.29) is 12.4 Å². The smallest absolute Gasteiger partial charge is 0.123 e. The minimum atomic E-state index is -0.296. The maximum Gasteiger partial charge on any atom is 0.123 e. The monoisotopic (exact) mass is 302 g/mol. The van der Waals surface area contributed by atoms with Crippen LogP contribution in [0.3, 0.4) is 0 Å². The van der Waals surface area contributed by atoms with Crippen molar-refractivity contribution in [2.75, 3.05) is 0 Å². The number of nitrogens with two attached hydrogens (primary N) is 1. The van der Waals surface area contributed by atoms with Gasteiger partial charge in [-0.1, -0.05) is 22.9 Å². The molecule has 0 saturated heterocycles. The zero-order valence-electron chi connectivity index (χ0n) is 11.0. The van der Waals surface area contributed by atoms with Crippen molar-refractivity contribution in [2.45, 2.75) is 6.54 Å². The molecule has 0 unspecified atom stereocenters. The van der Waals surface area contributed by atoms with Gasteiger partial charge in [-0.2, -0.15) is 0 Å². The van der Waals surface area contributed by atoms with Crippen LogP contribution in [0.1, 0.15) is 5.69 Å². The first kappa shape index (κ1) is 13.7. The summed E-state index contributed by atoms with van der Waals surface area (Å²) >= 11 is 6.02. The predicted octanol–water partition coefficient (Wildman–Crippen LogP) is 3.19. The molecular weight excluding hydrogens is 291 g/mol. The zero-order valence-corrected chi connectivity index (χ0v) is 11.8. The van der Waals surface area contributed by atoms with Crippen LogP contribution < -0.4 is 5.73 Å². The van der Waals surface area contributed by atoms with Gasteiger partial charge in [0.05, 0.1) is 11.4 Å². The molecule has 21 heavy (non-hydrogen) atoms. The van der Waals surface area contributed by atoms with Crippen LogP contribution in [0.5, 0.6) is 0 Å². The van der Waals surface area contributed by atoms with Gasteiger partial charge in [0, 0.05) is 17.1 Å². The Morgan fingerprint density at radius 1 is 1.14 bits per heavy atom. The van der Waals surface area contributed by atoms with E-state index in [9.17, 15) is 4.39 Å². The number of hydrogen-bond donors (Lipinski definition) is 1. The lowest BCUT2D eigenvalue weighted by Gasteiger charge is -2.08. The highest BCUT2D eigenvalue weighted by Gasteiger charge is 2.15. The van der Waals surface area contributed by atoms with Crippen molar-refractivity contribution in [3.05, 3.63) is 65.1 Å². The zero-order chi connectivity index (χ0) is 14.8. The molecule has 0 aliphatic rings. The van der Waals surface area contributed by atoms with Crippen molar-refractivity contribution in [3.8, 4) is 16.9 Å². The normalized spacial score (nSPS) is 10.8. The molecule has 0 bridgehead atoms. The van der Waals surface area contributed by atoms with E-state index >= 15 is 0 Å². The van der Waals surface area contributed by atoms with Crippen molar-refractivity contribution >= 4 is 11.6 Å². The minimum Gasteiger partial charge on any atom is -0.325 e. The van der Waals surface area contributed by atoms with Gasteiger partial charge in [0.25, 0.3) is 0 Å². The van der Waals surface area contributed by atoms with Gasteiger partial charge in [-0.3, -0.25) is 0 Å². The lowest BCUT2D eigenvalue weighted by Crippen LogP contribution is -2.02. The molecule has 0 radical (unpaired) electrons. The molecule has 0 spiro atoms. The number of nitrogens with zero attached hydrogens (tertiary/aromatic N) is 3. The van der Waals surface area contributed by atoms with E-state index in [1.807, 2.05) is 12.1 Å². The SMILES string of the molecule is NCc1nnn(-c2cccc(Cl)c2)c1-c1ccc(F)cc1. The average Bonchev–Trinajstić information content (AvgIpc) is 2.92. The van der Waals surface area contributed by atoms with Crippen LogP contribution in [-0.2, 0) is 6.54 Å². The Bertz CT molecular complexity index is 768. The molecule has 3 rings (SSSR count). The highest BCUT2D eigenvalue weighted by atomic mass is 35.5. The van der Waals surface area contributed by atoms with E-state index in [4.69, 9.17) is 17.3 Å². The Hall–Kier alpha value is -2.24. The summed E-state index contributed by atoms with van der Waals surface area (Å²) in [6.07, 6.45) is 0. The standard InChI is InChI=1S/C15H12ClFN4/c16-11-2-1-3-13(8-11)21-15(14(9-18)19-20-21)10-4-6-12(17)7-5-10/h1-8H,9,18H2. The van der Waals surface area contributed by atoms with E-state index in [2.05, 4.69) is 10.3 Å². The third kappa shape index (κ3) is 2.66. The fourth-order valence-corrected chi connectivity index (χ4v) is 2.32. The van der Waals surface area contributed by atoms with Crippen LogP contribution in [0, 0.1) is 5.82 Å². The summed E-state index contributed by atoms with van der Waals surface area (Å²) in [6, 6.07) is 13.4. The molecule has 2 N–H and O–H groups in total. The molecule has 0 aliphatic heterocycles. The fraction of sp³-hybridized carbons (Fsp3) is 0.0667. The molecule has 4 nitrogen and oxygen atoms in total. The van der Waals surface area contributed by atoms with Gasteiger partial charge < -0.3 is 5.73 Å². The Balaban J connectivity index is 2.19. The lowest BCUT2D eigenvalue weighted by atomic mass is 10.1. The molecule has 0 aliphatic carbocycles. The number of halogens is 2. The number of rotatable bonds is 3. The minimum absolute atomic E-state index is 0.243. The van der Waals surface area contributed by atoms with Gasteiger partial charge in [-0.15, -0.1) is 5.10 Å². The largest absolute Gasteiger partial charge is 0.325 e. The van der Waals surface area contributed by atoms with E-state index in [1.165, 1.54) is 12.1 Å². The molecule has 0 atom stereocenters. The van der Waals surface area contributed by atoms with E-state index in [0.29, 0.717) is 10.7 Å². The molecule has 0 amide bonds. The Morgan fingerprint density at radius 3 is 2.57 bits per heavy atom. The van der Waals surface area contributed by atoms with E-state index in [1.54, 1.807) is 28.9 Å². The molecule has 6 heteroatoms. The highest BCUT2D eigenvalue weighted by molar-refractivity contribution is 6.30. The van der Waals surface area contributed by atoms with Crippen molar-refractivity contribution in [1.82, 2.24) is 15.0 Å². The summed E-state index contributed by atoms with van der Waals surface area (Å²) in [5.41, 5.74) is 8.67. The second-order valence-corrected chi connectivity index (χ2v) is 4.92. The first-order valence-corrected chi connectivity index (χ1v) is 6.73. The van der Waals surface area contributed by atoms with Crippen LogP contribution >= 0.6 is 11.6 Å². The number of aromatic nitrogens is 3. The molecule has 106 valence electrons. The summed E-state index contributed by atoms with van der Waals surface area (Å²) < 4.78 is 14.8. The summed E-state index contributed by atoms with van der Waals surface area (Å²) in [4.78, 5) is 0. The van der Waals surface area contributed by atoms with Crippen molar-refractivity contribution < 1.29 is 4.39 Å². The van der Waals surface area contributed by atoms with Gasteiger partial charge in [0.15, 0.2) is 0 Å². The van der Waals surface area contributed by atoms with Crippen LogP contribution in [0.2, 0.25) is 5.02 Å². The number of hydrogen-bond acceptors (Lipinski definition) is 3. The van der Waals surface area contributed by atoms with Crippen LogP contribution in [-0.4, -0.2) is 15.0 Å². The third-order valence-corrected chi connectivity index (χ3v) is 3.34. The van der Waals surface area contributed by atoms with Gasteiger partial charge in [-0.25, -0.2) is 9.07 Å². The number of benzene rings is 2. The van der Waals surface area contributed by atoms with Crippen LogP contribution in [0.15, 0.2) is 48.5 Å². The first-order valence-electron chi connectivity index (χ1n) is 6.35. The summed E-state index contributed by atoms with van der Waals surface area (Å²) in [7, 11) is 0. The molecule has 1 heterocycles. The van der Waals surface area contributed by atoms with Crippen molar-refractivity contribution in [2.24, 2.45) is 5.73 Å². The highest BCUT2D eigenvalue weighted by Crippen LogP contribution is 2.26. The molecule has 2 aromatic carbocycles. The third-order valence-electron chi connectivity index (χ3n) is 3.10. The summed E-state index contributed by atoms with van der Waals surface area (Å²) in [6.45, 7) is 0.243. The molecule has 3 aromatic rings. The average molecular weight is 303 g/mol. The first-order chi connectivity index (χ1) is 10.2. The second kappa shape index (κ2) is 5.63. The molecule has 1 aromatic heterocycles. The van der Waals surface area contributed by atoms with Gasteiger partial charge >= 0.3 is 0 Å². The quantitative estimate of drug-likeness (QED) is 0.808. The fourth-order valence-electron chi connectivity index (χ4n) is 2.14. The Kier molecular flexibility index (Phi) is 3.68. The lowest BCUT2D eigenvalue weighted by molar-refractivity contribution is 0.628. The topological polar surface area (TPSA) is 56.7 Å². The Morgan fingerprint density at radius 2 is 1.90 bits per heavy atom. The van der Waals surface area contributed by atoms with E-state index < -0.39 is 0 Å². The molecule has 0 saturated carbocycles. The second-order valence-electron chi connectivity index (χ2n) is 4.49. The maximum absolute atomic E-state index is 13.1. The van der Waals surface area contributed by atoms with Gasteiger partial charge in [-0.05, 0) is 42.5 Å². The van der Waals surface area contributed by atoms with Gasteiger partial charge in [0.2, 0.25) is 0 Å². The van der Waals surface area contributed by atoms with Crippen molar-refractivity contribution in [3.63, 3.8) is 0 Å². The molecule has 0 fully saturated rings. The van der Waals surface area contributed by atoms with Crippen molar-refractivity contribution in [1.29, 1.82) is 0 Å². The van der Waals surface area contributed by atoms with Crippen LogP contribution in [0.4, 0.5) is 4.39 Å². The predicted molar refractivity (Wildman–Crippen MR) is 79.7 cm³/mol. The van der Waals surface area contributed by atoms with Crippen LogP contribution in [0.25, 0.3) is 16.9 Å². The maximum atomic E-state index is 13.1. The molecular formula is C15H12ClFN4.